The van der Waals surface area contributed by atoms with Gasteiger partial charge in [-0.1, -0.05) is 146 Å². The van der Waals surface area contributed by atoms with Gasteiger partial charge < -0.3 is 0 Å². The molecule has 6 aromatic rings. The van der Waals surface area contributed by atoms with Crippen molar-refractivity contribution in [2.75, 3.05) is 0 Å². The van der Waals surface area contributed by atoms with Gasteiger partial charge in [0.15, 0.2) is 0 Å². The predicted octanol–water partition coefficient (Wildman–Crippen LogP) is 9.60. The molecule has 0 fully saturated rings. The molecule has 0 aliphatic heterocycles. The van der Waals surface area contributed by atoms with Crippen molar-refractivity contribution in [3.05, 3.63) is 146 Å². The van der Waals surface area contributed by atoms with Gasteiger partial charge in [-0.2, -0.15) is 0 Å². The topological polar surface area (TPSA) is 0 Å². The van der Waals surface area contributed by atoms with E-state index in [0.29, 0.717) is 0 Å². The zero-order chi connectivity index (χ0) is 22.7. The van der Waals surface area contributed by atoms with E-state index >= 15 is 0 Å². The van der Waals surface area contributed by atoms with Crippen molar-refractivity contribution in [3.8, 4) is 22.3 Å². The maximum Gasteiger partial charge on any atom is -0.00201 e. The first-order chi connectivity index (χ1) is 16.9. The molecular weight excluding hydrogens is 408 g/mol. The van der Waals surface area contributed by atoms with Crippen molar-refractivity contribution < 1.29 is 0 Å². The normalized spacial score (nSPS) is 10.9. The molecule has 0 aromatic heterocycles. The van der Waals surface area contributed by atoms with Gasteiger partial charge in [0.05, 0.1) is 0 Å². The van der Waals surface area contributed by atoms with Crippen molar-refractivity contribution in [3.63, 3.8) is 0 Å². The molecule has 6 rings (SSSR count). The second-order valence-corrected chi connectivity index (χ2v) is 8.50. The summed E-state index contributed by atoms with van der Waals surface area (Å²) in [4.78, 5) is 0. The Bertz CT molecular complexity index is 1620. The molecular formula is C34H24. The number of benzene rings is 5. The zero-order valence-corrected chi connectivity index (χ0v) is 18.9. The highest BCUT2D eigenvalue weighted by Gasteiger charge is 2.17. The molecule has 0 aliphatic carbocycles. The quantitative estimate of drug-likeness (QED) is 0.239. The smallest absolute Gasteiger partial charge is 0.00201 e. The highest BCUT2D eigenvalue weighted by atomic mass is 14.2. The predicted molar refractivity (Wildman–Crippen MR) is 147 cm³/mol. The zero-order valence-electron chi connectivity index (χ0n) is 18.9. The minimum atomic E-state index is 1.20. The van der Waals surface area contributed by atoms with Gasteiger partial charge >= 0.3 is 0 Å². The van der Waals surface area contributed by atoms with E-state index in [1.807, 2.05) is 6.07 Å². The summed E-state index contributed by atoms with van der Waals surface area (Å²) in [7, 11) is 0. The van der Waals surface area contributed by atoms with Crippen LogP contribution in [0.2, 0.25) is 0 Å². The lowest BCUT2D eigenvalue weighted by Gasteiger charge is -2.18. The SMILES string of the molecule is c1ccccc(-c2c3ccccc3c(-c3cccc4ccccc34)c3ccccc23)cccc1. The Kier molecular flexibility index (Phi) is 5.26. The Morgan fingerprint density at radius 3 is 1.26 bits per heavy atom. The van der Waals surface area contributed by atoms with Crippen LogP contribution in [0.3, 0.4) is 0 Å². The van der Waals surface area contributed by atoms with Gasteiger partial charge in [0.25, 0.3) is 0 Å². The average molecular weight is 433 g/mol. The van der Waals surface area contributed by atoms with Crippen molar-refractivity contribution >= 4 is 32.3 Å². The van der Waals surface area contributed by atoms with Crippen LogP contribution in [0, 0.1) is 0 Å². The van der Waals surface area contributed by atoms with Crippen molar-refractivity contribution in [1.82, 2.24) is 0 Å². The Balaban J connectivity index is 1.80. The van der Waals surface area contributed by atoms with E-state index < -0.39 is 0 Å². The third-order valence-electron chi connectivity index (χ3n) is 6.50. The number of hydrogen-bond donors (Lipinski definition) is 0. The van der Waals surface area contributed by atoms with Crippen molar-refractivity contribution in [1.29, 1.82) is 0 Å². The highest BCUT2D eigenvalue weighted by molar-refractivity contribution is 6.23. The highest BCUT2D eigenvalue weighted by Crippen LogP contribution is 2.44. The first-order valence-corrected chi connectivity index (χ1v) is 11.7. The molecule has 0 unspecified atom stereocenters. The molecule has 0 aliphatic rings. The Morgan fingerprint density at radius 1 is 0.265 bits per heavy atom. The van der Waals surface area contributed by atoms with Gasteiger partial charge in [0, 0.05) is 0 Å². The fraction of sp³-hybridized carbons (Fsp3) is 0. The summed E-state index contributed by atoms with van der Waals surface area (Å²) in [5.74, 6) is 0. The number of hydrogen-bond acceptors (Lipinski definition) is 0. The summed E-state index contributed by atoms with van der Waals surface area (Å²) in [5, 5.41) is 7.64. The molecule has 0 spiro atoms. The Labute approximate surface area is 200 Å². The summed E-state index contributed by atoms with van der Waals surface area (Å²) in [6.45, 7) is 0. The molecule has 0 nitrogen and oxygen atoms in total. The number of fused-ring (bicyclic) bond motifs is 3. The van der Waals surface area contributed by atoms with Crippen LogP contribution in [-0.4, -0.2) is 0 Å². The molecule has 0 atom stereocenters. The van der Waals surface area contributed by atoms with Gasteiger partial charge in [-0.05, 0) is 54.6 Å². The fourth-order valence-corrected chi connectivity index (χ4v) is 5.03. The Morgan fingerprint density at radius 2 is 0.676 bits per heavy atom. The monoisotopic (exact) mass is 432 g/mol. The largest absolute Gasteiger partial charge is 0.0623 e. The lowest BCUT2D eigenvalue weighted by Crippen LogP contribution is -1.91. The summed E-state index contributed by atoms with van der Waals surface area (Å²) in [6.07, 6.45) is 0. The van der Waals surface area contributed by atoms with E-state index in [9.17, 15) is 0 Å². The van der Waals surface area contributed by atoms with Crippen LogP contribution in [0.1, 0.15) is 0 Å². The summed E-state index contributed by atoms with van der Waals surface area (Å²) in [5.41, 5.74) is 5.05. The molecule has 0 saturated carbocycles. The summed E-state index contributed by atoms with van der Waals surface area (Å²) in [6, 6.07) is 52.0. The van der Waals surface area contributed by atoms with Gasteiger partial charge in [0.1, 0.15) is 0 Å². The first kappa shape index (κ1) is 20.2. The minimum Gasteiger partial charge on any atom is -0.0623 e. The molecule has 0 heteroatoms. The number of rotatable bonds is 2. The van der Waals surface area contributed by atoms with E-state index in [-0.39, 0.29) is 0 Å². The van der Waals surface area contributed by atoms with Crippen molar-refractivity contribution in [2.24, 2.45) is 0 Å². The van der Waals surface area contributed by atoms with Crippen LogP contribution in [0.15, 0.2) is 146 Å². The van der Waals surface area contributed by atoms with Gasteiger partial charge in [-0.3, -0.25) is 0 Å². The second kappa shape index (κ2) is 8.84. The van der Waals surface area contributed by atoms with Gasteiger partial charge in [-0.15, -0.1) is 0 Å². The van der Waals surface area contributed by atoms with E-state index in [1.54, 1.807) is 0 Å². The van der Waals surface area contributed by atoms with Crippen molar-refractivity contribution in [2.45, 2.75) is 0 Å². The van der Waals surface area contributed by atoms with Crippen LogP contribution in [-0.2, 0) is 0 Å². The Hall–Kier alpha value is -4.42. The van der Waals surface area contributed by atoms with Crippen LogP contribution < -0.4 is 0 Å². The fourth-order valence-electron chi connectivity index (χ4n) is 5.03. The minimum absolute atomic E-state index is 1.20. The molecule has 0 N–H and O–H groups in total. The molecule has 0 amide bonds. The summed E-state index contributed by atoms with van der Waals surface area (Å²) >= 11 is 0. The molecule has 160 valence electrons. The lowest BCUT2D eigenvalue weighted by molar-refractivity contribution is 1.67. The standard InChI is InChI=1S/C34H24/c1-2-4-6-16-26(17-7-5-3-1)33-29-20-10-12-22-31(29)34(32-23-13-11-21-30(32)33)28-24-14-18-25-15-8-9-19-27(25)28/h1-24H. The second-order valence-electron chi connectivity index (χ2n) is 8.50. The third-order valence-corrected chi connectivity index (χ3v) is 6.50. The maximum absolute atomic E-state index is 2.27. The molecule has 34 heavy (non-hydrogen) atoms. The van der Waals surface area contributed by atoms with Gasteiger partial charge in [0.2, 0.25) is 0 Å². The molecule has 0 saturated heterocycles. The molecule has 6 aromatic carbocycles. The molecule has 0 radical (unpaired) electrons. The third kappa shape index (κ3) is 3.50. The molecule has 0 bridgehead atoms. The van der Waals surface area contributed by atoms with Gasteiger partial charge in [-0.25, -0.2) is 0 Å². The van der Waals surface area contributed by atoms with Crippen LogP contribution >= 0.6 is 0 Å². The van der Waals surface area contributed by atoms with Crippen LogP contribution in [0.5, 0.6) is 0 Å². The maximum atomic E-state index is 2.27. The molecule has 0 heterocycles. The van der Waals surface area contributed by atoms with E-state index in [2.05, 4.69) is 140 Å². The lowest BCUT2D eigenvalue weighted by atomic mass is 9.85. The van der Waals surface area contributed by atoms with E-state index in [4.69, 9.17) is 0 Å². The summed E-state index contributed by atoms with van der Waals surface area (Å²) < 4.78 is 0. The van der Waals surface area contributed by atoms with Crippen LogP contribution in [0.25, 0.3) is 54.6 Å². The van der Waals surface area contributed by atoms with E-state index in [0.717, 1.165) is 0 Å². The first-order valence-electron chi connectivity index (χ1n) is 11.7. The van der Waals surface area contributed by atoms with E-state index in [1.165, 1.54) is 54.6 Å². The van der Waals surface area contributed by atoms with Crippen LogP contribution in [0.4, 0.5) is 0 Å². The average Bonchev–Trinajstić information content (AvgIpc) is 2.90.